The van der Waals surface area contributed by atoms with Gasteiger partial charge in [-0.2, -0.15) is 5.10 Å². The highest BCUT2D eigenvalue weighted by molar-refractivity contribution is 8.00. The number of hydrogen-bond donors (Lipinski definition) is 1. The zero-order valence-electron chi connectivity index (χ0n) is 21.7. The lowest BCUT2D eigenvalue weighted by Gasteiger charge is -2.24. The van der Waals surface area contributed by atoms with Crippen LogP contribution in [0.4, 0.5) is 14.6 Å². The minimum absolute atomic E-state index is 0.0975. The molecule has 1 atom stereocenters. The van der Waals surface area contributed by atoms with Gasteiger partial charge in [-0.15, -0.1) is 11.8 Å². The molecule has 0 bridgehead atoms. The van der Waals surface area contributed by atoms with Gasteiger partial charge in [0.1, 0.15) is 24.0 Å². The predicted octanol–water partition coefficient (Wildman–Crippen LogP) is 5.39. The second-order valence-corrected chi connectivity index (χ2v) is 11.7. The van der Waals surface area contributed by atoms with Crippen LogP contribution in [-0.4, -0.2) is 40.4 Å². The van der Waals surface area contributed by atoms with Gasteiger partial charge in [-0.1, -0.05) is 46.8 Å². The van der Waals surface area contributed by atoms with Crippen molar-refractivity contribution in [1.82, 2.24) is 15.1 Å². The number of nitrogens with zero attached hydrogens (tertiary/aromatic N) is 3. The molecule has 0 radical (unpaired) electrons. The van der Waals surface area contributed by atoms with Crippen molar-refractivity contribution in [3.63, 3.8) is 0 Å². The van der Waals surface area contributed by atoms with Gasteiger partial charge >= 0.3 is 0 Å². The summed E-state index contributed by atoms with van der Waals surface area (Å²) in [6.07, 6.45) is 0. The first-order valence-electron chi connectivity index (χ1n) is 12.3. The normalized spacial score (nSPS) is 16.1. The lowest BCUT2D eigenvalue weighted by Crippen LogP contribution is -2.43. The predicted molar refractivity (Wildman–Crippen MR) is 143 cm³/mol. The first kappa shape index (κ1) is 26.9. The van der Waals surface area contributed by atoms with Crippen molar-refractivity contribution in [2.45, 2.75) is 45.3 Å². The monoisotopic (exact) mass is 526 g/mol. The minimum Gasteiger partial charge on any atom is -0.354 e. The van der Waals surface area contributed by atoms with E-state index in [0.717, 1.165) is 11.3 Å². The molecule has 1 N–H and O–H groups in total. The van der Waals surface area contributed by atoms with E-state index in [-0.39, 0.29) is 35.8 Å². The second-order valence-electron chi connectivity index (χ2n) is 10.6. The number of carbonyl (C=O) groups excluding carboxylic acids is 2. The zero-order chi connectivity index (χ0) is 26.9. The van der Waals surface area contributed by atoms with Crippen LogP contribution in [0, 0.1) is 17.6 Å². The molecular formula is C28H32F2N4O2S. The van der Waals surface area contributed by atoms with Gasteiger partial charge in [0.25, 0.3) is 0 Å². The third kappa shape index (κ3) is 5.87. The number of halogens is 2. The summed E-state index contributed by atoms with van der Waals surface area (Å²) in [6, 6.07) is 12.2. The van der Waals surface area contributed by atoms with E-state index < -0.39 is 16.5 Å². The Bertz CT molecular complexity index is 1300. The molecule has 1 unspecified atom stereocenters. The smallest absolute Gasteiger partial charge is 0.240 e. The van der Waals surface area contributed by atoms with Crippen LogP contribution in [0.5, 0.6) is 0 Å². The van der Waals surface area contributed by atoms with E-state index in [1.165, 1.54) is 40.9 Å². The fourth-order valence-corrected chi connectivity index (χ4v) is 5.47. The number of carbonyl (C=O) groups is 2. The quantitative estimate of drug-likeness (QED) is 0.468. The van der Waals surface area contributed by atoms with Gasteiger partial charge in [0.2, 0.25) is 11.8 Å². The molecule has 3 aromatic rings. The molecule has 2 aromatic carbocycles. The standard InChI is InChI=1S/C28H32F2N4O2S/c1-17(2)14-31-22(35)15-33-23(36)16-37-25(18-7-6-8-20(30)13-18)24-26(28(3,4)5)32-34(27(24)33)21-11-9-19(29)10-12-21/h6-13,17,25H,14-16H2,1-5H3,(H,31,35). The highest BCUT2D eigenvalue weighted by atomic mass is 32.2. The average molecular weight is 527 g/mol. The van der Waals surface area contributed by atoms with E-state index in [2.05, 4.69) is 5.32 Å². The highest BCUT2D eigenvalue weighted by Crippen LogP contribution is 2.48. The fraction of sp³-hybridized carbons (Fsp3) is 0.393. The van der Waals surface area contributed by atoms with Gasteiger partial charge < -0.3 is 5.32 Å². The Labute approximate surface area is 220 Å². The number of anilines is 1. The molecule has 2 heterocycles. The van der Waals surface area contributed by atoms with E-state index in [1.807, 2.05) is 40.7 Å². The van der Waals surface area contributed by atoms with Crippen LogP contribution in [0.25, 0.3) is 5.69 Å². The summed E-state index contributed by atoms with van der Waals surface area (Å²) in [7, 11) is 0. The molecule has 1 aromatic heterocycles. The summed E-state index contributed by atoms with van der Waals surface area (Å²) in [5.41, 5.74) is 2.28. The molecule has 0 saturated carbocycles. The molecule has 1 aliphatic heterocycles. The Kier molecular flexibility index (Phi) is 7.73. The number of fused-ring (bicyclic) bond motifs is 1. The zero-order valence-corrected chi connectivity index (χ0v) is 22.5. The van der Waals surface area contributed by atoms with Crippen molar-refractivity contribution < 1.29 is 18.4 Å². The van der Waals surface area contributed by atoms with Crippen molar-refractivity contribution in [3.05, 3.63) is 77.0 Å². The first-order valence-corrected chi connectivity index (χ1v) is 13.3. The number of nitrogens with one attached hydrogen (secondary N) is 1. The Morgan fingerprint density at radius 3 is 2.46 bits per heavy atom. The summed E-state index contributed by atoms with van der Waals surface area (Å²) in [5.74, 6) is -0.513. The fourth-order valence-electron chi connectivity index (χ4n) is 4.29. The van der Waals surface area contributed by atoms with Crippen molar-refractivity contribution >= 4 is 29.4 Å². The molecule has 1 aliphatic rings. The molecule has 4 rings (SSSR count). The molecule has 0 saturated heterocycles. The number of aromatic nitrogens is 2. The summed E-state index contributed by atoms with van der Waals surface area (Å²) in [6.45, 7) is 10.3. The van der Waals surface area contributed by atoms with Gasteiger partial charge in [-0.25, -0.2) is 13.5 Å². The van der Waals surface area contributed by atoms with Crippen molar-refractivity contribution in [1.29, 1.82) is 0 Å². The largest absolute Gasteiger partial charge is 0.354 e. The summed E-state index contributed by atoms with van der Waals surface area (Å²) >= 11 is 1.38. The third-order valence-electron chi connectivity index (χ3n) is 6.03. The Balaban J connectivity index is 1.96. The topological polar surface area (TPSA) is 67.2 Å². The van der Waals surface area contributed by atoms with E-state index in [9.17, 15) is 18.4 Å². The number of amides is 2. The van der Waals surface area contributed by atoms with E-state index in [1.54, 1.807) is 22.9 Å². The van der Waals surface area contributed by atoms with E-state index in [0.29, 0.717) is 23.6 Å². The Hall–Kier alpha value is -3.20. The molecular weight excluding hydrogens is 494 g/mol. The van der Waals surface area contributed by atoms with Gasteiger partial charge in [0, 0.05) is 17.5 Å². The summed E-state index contributed by atoms with van der Waals surface area (Å²) in [5, 5.41) is 7.42. The number of hydrogen-bond acceptors (Lipinski definition) is 4. The molecule has 37 heavy (non-hydrogen) atoms. The molecule has 0 aliphatic carbocycles. The molecule has 6 nitrogen and oxygen atoms in total. The number of rotatable bonds is 6. The third-order valence-corrected chi connectivity index (χ3v) is 7.29. The van der Waals surface area contributed by atoms with Crippen molar-refractivity contribution in [2.75, 3.05) is 23.7 Å². The van der Waals surface area contributed by atoms with Crippen LogP contribution in [0.3, 0.4) is 0 Å². The van der Waals surface area contributed by atoms with Gasteiger partial charge in [-0.05, 0) is 47.9 Å². The minimum atomic E-state index is -0.444. The molecule has 0 fully saturated rings. The average Bonchev–Trinajstić information content (AvgIpc) is 3.16. The Morgan fingerprint density at radius 2 is 1.84 bits per heavy atom. The van der Waals surface area contributed by atoms with Crippen LogP contribution in [0.1, 0.15) is 56.7 Å². The van der Waals surface area contributed by atoms with Crippen molar-refractivity contribution in [3.8, 4) is 5.69 Å². The number of thioether (sulfide) groups is 1. The Morgan fingerprint density at radius 1 is 1.14 bits per heavy atom. The molecule has 196 valence electrons. The van der Waals surface area contributed by atoms with Crippen LogP contribution in [-0.2, 0) is 15.0 Å². The maximum absolute atomic E-state index is 14.3. The van der Waals surface area contributed by atoms with Crippen LogP contribution >= 0.6 is 11.8 Å². The van der Waals surface area contributed by atoms with E-state index >= 15 is 0 Å². The SMILES string of the molecule is CC(C)CNC(=O)CN1C(=O)CSC(c2cccc(F)c2)c2c(C(C)(C)C)nn(-c3ccc(F)cc3)c21. The van der Waals surface area contributed by atoms with Gasteiger partial charge in [0.15, 0.2) is 0 Å². The molecule has 9 heteroatoms. The van der Waals surface area contributed by atoms with Crippen LogP contribution in [0.15, 0.2) is 48.5 Å². The van der Waals surface area contributed by atoms with Crippen LogP contribution in [0.2, 0.25) is 0 Å². The van der Waals surface area contributed by atoms with Crippen LogP contribution < -0.4 is 10.2 Å². The van der Waals surface area contributed by atoms with E-state index in [4.69, 9.17) is 5.10 Å². The second kappa shape index (κ2) is 10.7. The lowest BCUT2D eigenvalue weighted by molar-refractivity contribution is -0.123. The molecule has 2 amide bonds. The lowest BCUT2D eigenvalue weighted by atomic mass is 9.87. The highest BCUT2D eigenvalue weighted by Gasteiger charge is 2.40. The molecule has 0 spiro atoms. The summed E-state index contributed by atoms with van der Waals surface area (Å²) in [4.78, 5) is 27.9. The number of benzene rings is 2. The van der Waals surface area contributed by atoms with Gasteiger partial charge in [0.05, 0.1) is 22.4 Å². The van der Waals surface area contributed by atoms with Gasteiger partial charge in [-0.3, -0.25) is 14.5 Å². The maximum atomic E-state index is 14.3. The maximum Gasteiger partial charge on any atom is 0.240 e. The summed E-state index contributed by atoms with van der Waals surface area (Å²) < 4.78 is 29.7. The van der Waals surface area contributed by atoms with Crippen molar-refractivity contribution in [2.24, 2.45) is 5.92 Å². The first-order chi connectivity index (χ1) is 17.5.